The minimum Gasteiger partial charge on any atom is -0.289 e. The molecule has 0 saturated carbocycles. The molecule has 0 bridgehead atoms. The highest BCUT2D eigenvalue weighted by Gasteiger charge is 2.10. The molecule has 0 amide bonds. The van der Waals surface area contributed by atoms with Crippen LogP contribution in [0.5, 0.6) is 0 Å². The minimum atomic E-state index is -0.283. The summed E-state index contributed by atoms with van der Waals surface area (Å²) in [4.78, 5) is 12.3. The molecule has 0 fully saturated rings. The Hall–Kier alpha value is -1.96. The molecule has 0 aromatic heterocycles. The summed E-state index contributed by atoms with van der Waals surface area (Å²) >= 11 is 0. The lowest BCUT2D eigenvalue weighted by atomic mass is 9.99. The number of ketones is 1. The average molecular weight is 256 g/mol. The van der Waals surface area contributed by atoms with Crippen LogP contribution >= 0.6 is 0 Å². The van der Waals surface area contributed by atoms with Crippen LogP contribution in [-0.2, 0) is 6.42 Å². The molecule has 2 aromatic carbocycles. The van der Waals surface area contributed by atoms with E-state index in [9.17, 15) is 9.18 Å². The fourth-order valence-corrected chi connectivity index (χ4v) is 2.06. The van der Waals surface area contributed by atoms with Gasteiger partial charge in [0.25, 0.3) is 0 Å². The van der Waals surface area contributed by atoms with Crippen LogP contribution in [0.3, 0.4) is 0 Å². The van der Waals surface area contributed by atoms with Gasteiger partial charge in [-0.05, 0) is 42.7 Å². The smallest absolute Gasteiger partial charge is 0.193 e. The maximum Gasteiger partial charge on any atom is 0.193 e. The second-order valence-electron chi connectivity index (χ2n) is 4.74. The average Bonchev–Trinajstić information content (AvgIpc) is 2.42. The Morgan fingerprint density at radius 3 is 2.26 bits per heavy atom. The quantitative estimate of drug-likeness (QED) is 0.745. The summed E-state index contributed by atoms with van der Waals surface area (Å²) in [5, 5.41) is 0. The summed E-state index contributed by atoms with van der Waals surface area (Å²) in [5.41, 5.74) is 2.90. The van der Waals surface area contributed by atoms with E-state index in [0.29, 0.717) is 16.7 Å². The summed E-state index contributed by atoms with van der Waals surface area (Å²) in [6.07, 6.45) is 2.11. The summed E-state index contributed by atoms with van der Waals surface area (Å²) in [6, 6.07) is 12.1. The van der Waals surface area contributed by atoms with Crippen LogP contribution in [0, 0.1) is 12.7 Å². The first-order valence-corrected chi connectivity index (χ1v) is 6.51. The monoisotopic (exact) mass is 256 g/mol. The van der Waals surface area contributed by atoms with Gasteiger partial charge in [0.2, 0.25) is 0 Å². The molecule has 0 N–H and O–H groups in total. The van der Waals surface area contributed by atoms with Crippen LogP contribution in [0.2, 0.25) is 0 Å². The van der Waals surface area contributed by atoms with Gasteiger partial charge in [-0.3, -0.25) is 4.79 Å². The first-order chi connectivity index (χ1) is 9.11. The van der Waals surface area contributed by atoms with Crippen molar-refractivity contribution in [3.63, 3.8) is 0 Å². The van der Waals surface area contributed by atoms with Crippen molar-refractivity contribution in [1.82, 2.24) is 0 Å². The van der Waals surface area contributed by atoms with Crippen LogP contribution in [-0.4, -0.2) is 5.78 Å². The molecule has 0 aliphatic carbocycles. The molecule has 2 rings (SSSR count). The summed E-state index contributed by atoms with van der Waals surface area (Å²) in [5.74, 6) is -0.346. The van der Waals surface area contributed by atoms with Gasteiger partial charge in [-0.15, -0.1) is 0 Å². The number of carbonyl (C=O) groups is 1. The molecule has 0 heterocycles. The Bertz CT molecular complexity index is 585. The lowest BCUT2D eigenvalue weighted by molar-refractivity contribution is 0.103. The third-order valence-electron chi connectivity index (χ3n) is 3.17. The van der Waals surface area contributed by atoms with Gasteiger partial charge in [-0.2, -0.15) is 0 Å². The second kappa shape index (κ2) is 5.79. The van der Waals surface area contributed by atoms with Crippen molar-refractivity contribution in [2.45, 2.75) is 26.7 Å². The van der Waals surface area contributed by atoms with Gasteiger partial charge >= 0.3 is 0 Å². The van der Waals surface area contributed by atoms with Crippen LogP contribution in [0.15, 0.2) is 42.5 Å². The van der Waals surface area contributed by atoms with E-state index in [1.807, 2.05) is 24.3 Å². The third kappa shape index (κ3) is 3.08. The molecule has 0 aliphatic heterocycles. The lowest BCUT2D eigenvalue weighted by Crippen LogP contribution is -2.02. The number of rotatable bonds is 4. The van der Waals surface area contributed by atoms with Gasteiger partial charge in [0.15, 0.2) is 5.78 Å². The molecule has 0 aliphatic rings. The zero-order chi connectivity index (χ0) is 13.8. The molecular weight excluding hydrogens is 239 g/mol. The van der Waals surface area contributed by atoms with E-state index in [1.54, 1.807) is 13.0 Å². The van der Waals surface area contributed by atoms with Gasteiger partial charge in [-0.25, -0.2) is 4.39 Å². The number of hydrogen-bond donors (Lipinski definition) is 0. The summed E-state index contributed by atoms with van der Waals surface area (Å²) in [7, 11) is 0. The predicted octanol–water partition coefficient (Wildman–Crippen LogP) is 4.32. The number of benzene rings is 2. The Kier molecular flexibility index (Phi) is 4.10. The predicted molar refractivity (Wildman–Crippen MR) is 75.0 cm³/mol. The Morgan fingerprint density at radius 1 is 1.05 bits per heavy atom. The van der Waals surface area contributed by atoms with Crippen LogP contribution in [0.4, 0.5) is 4.39 Å². The van der Waals surface area contributed by atoms with Crippen molar-refractivity contribution in [2.24, 2.45) is 0 Å². The van der Waals surface area contributed by atoms with E-state index in [0.717, 1.165) is 12.8 Å². The molecule has 0 atom stereocenters. The summed E-state index contributed by atoms with van der Waals surface area (Å²) < 4.78 is 13.2. The highest BCUT2D eigenvalue weighted by atomic mass is 19.1. The molecule has 0 unspecified atom stereocenters. The van der Waals surface area contributed by atoms with Gasteiger partial charge in [0.05, 0.1) is 0 Å². The van der Waals surface area contributed by atoms with Crippen molar-refractivity contribution in [2.75, 3.05) is 0 Å². The molecule has 0 spiro atoms. The van der Waals surface area contributed by atoms with Crippen molar-refractivity contribution in [1.29, 1.82) is 0 Å². The Balaban J connectivity index is 2.25. The van der Waals surface area contributed by atoms with E-state index < -0.39 is 0 Å². The molecule has 0 radical (unpaired) electrons. The molecular formula is C17H17FO. The number of hydrogen-bond acceptors (Lipinski definition) is 1. The van der Waals surface area contributed by atoms with Crippen LogP contribution < -0.4 is 0 Å². The van der Waals surface area contributed by atoms with Gasteiger partial charge in [0.1, 0.15) is 5.82 Å². The standard InChI is InChI=1S/C17H17FO/c1-3-4-13-5-7-14(8-6-13)17(19)15-9-10-16(18)12(2)11-15/h5-11H,3-4H2,1-2H3. The zero-order valence-corrected chi connectivity index (χ0v) is 11.2. The van der Waals surface area contributed by atoms with Crippen LogP contribution in [0.25, 0.3) is 0 Å². The third-order valence-corrected chi connectivity index (χ3v) is 3.17. The Morgan fingerprint density at radius 2 is 1.68 bits per heavy atom. The number of aryl methyl sites for hydroxylation is 2. The van der Waals surface area contributed by atoms with E-state index in [-0.39, 0.29) is 11.6 Å². The van der Waals surface area contributed by atoms with E-state index in [1.165, 1.54) is 17.7 Å². The largest absolute Gasteiger partial charge is 0.289 e. The highest BCUT2D eigenvalue weighted by Crippen LogP contribution is 2.15. The van der Waals surface area contributed by atoms with E-state index in [4.69, 9.17) is 0 Å². The van der Waals surface area contributed by atoms with Crippen LogP contribution in [0.1, 0.15) is 40.4 Å². The van der Waals surface area contributed by atoms with Gasteiger partial charge < -0.3 is 0 Å². The lowest BCUT2D eigenvalue weighted by Gasteiger charge is -2.05. The van der Waals surface area contributed by atoms with Crippen molar-refractivity contribution < 1.29 is 9.18 Å². The maximum atomic E-state index is 13.2. The fraction of sp³-hybridized carbons (Fsp3) is 0.235. The second-order valence-corrected chi connectivity index (χ2v) is 4.74. The van der Waals surface area contributed by atoms with Crippen molar-refractivity contribution in [3.05, 3.63) is 70.5 Å². The maximum absolute atomic E-state index is 13.2. The molecule has 19 heavy (non-hydrogen) atoms. The molecule has 0 saturated heterocycles. The topological polar surface area (TPSA) is 17.1 Å². The van der Waals surface area contributed by atoms with Crippen molar-refractivity contribution in [3.8, 4) is 0 Å². The van der Waals surface area contributed by atoms with Crippen molar-refractivity contribution >= 4 is 5.78 Å². The van der Waals surface area contributed by atoms with Gasteiger partial charge in [0, 0.05) is 11.1 Å². The number of carbonyl (C=O) groups excluding carboxylic acids is 1. The van der Waals surface area contributed by atoms with E-state index >= 15 is 0 Å². The zero-order valence-electron chi connectivity index (χ0n) is 11.2. The highest BCUT2D eigenvalue weighted by molar-refractivity contribution is 6.09. The molecule has 1 nitrogen and oxygen atoms in total. The normalized spacial score (nSPS) is 10.5. The first-order valence-electron chi connectivity index (χ1n) is 6.51. The van der Waals surface area contributed by atoms with E-state index in [2.05, 4.69) is 6.92 Å². The SMILES string of the molecule is CCCc1ccc(C(=O)c2ccc(F)c(C)c2)cc1. The van der Waals surface area contributed by atoms with Gasteiger partial charge in [-0.1, -0.05) is 37.6 Å². The molecule has 2 aromatic rings. The minimum absolute atomic E-state index is 0.0638. The first kappa shape index (κ1) is 13.5. The fourth-order valence-electron chi connectivity index (χ4n) is 2.06. The molecule has 2 heteroatoms. The Labute approximate surface area is 113 Å². The molecule has 98 valence electrons. The number of halogens is 1. The summed E-state index contributed by atoms with van der Waals surface area (Å²) in [6.45, 7) is 3.79.